The maximum Gasteiger partial charge on any atom is 0.253 e. The van der Waals surface area contributed by atoms with Crippen LogP contribution in [0.3, 0.4) is 0 Å². The van der Waals surface area contributed by atoms with E-state index < -0.39 is 11.6 Å². The second-order valence-electron chi connectivity index (χ2n) is 4.50. The molecule has 0 aromatic heterocycles. The molecule has 1 saturated heterocycles. The lowest BCUT2D eigenvalue weighted by molar-refractivity contribution is -0.113. The summed E-state index contributed by atoms with van der Waals surface area (Å²) in [5, 5.41) is 10.3. The molecule has 0 spiro atoms. The Morgan fingerprint density at radius 3 is 2.32 bits per heavy atom. The number of benzene rings is 1. The lowest BCUT2D eigenvalue weighted by atomic mass is 9.91. The minimum absolute atomic E-state index is 0.0629. The van der Waals surface area contributed by atoms with Gasteiger partial charge in [0.05, 0.1) is 0 Å². The molecule has 0 unspecified atom stereocenters. The van der Waals surface area contributed by atoms with Crippen LogP contribution in [-0.4, -0.2) is 46.2 Å². The Balaban J connectivity index is 2.12. The summed E-state index contributed by atoms with van der Waals surface area (Å²) in [6.45, 7) is 1.37. The number of fused-ring (bicyclic) bond motifs is 1. The summed E-state index contributed by atoms with van der Waals surface area (Å²) in [5.41, 5.74) is 0.921. The summed E-state index contributed by atoms with van der Waals surface area (Å²) < 4.78 is 0. The molecule has 0 atom stereocenters. The van der Waals surface area contributed by atoms with Crippen molar-refractivity contribution >= 4 is 29.1 Å². The Labute approximate surface area is 115 Å². The maximum absolute atomic E-state index is 12.2. The van der Waals surface area contributed by atoms with Crippen molar-refractivity contribution in [2.45, 2.75) is 0 Å². The quantitative estimate of drug-likeness (QED) is 0.791. The molecule has 1 fully saturated rings. The standard InChI is InChI=1S/C14H13NO3S/c16-12-9-3-1-2-4-10(9)13(17)14(18)11(12)15-5-7-19-8-6-15/h1-4,16H,5-8H2. The second-order valence-corrected chi connectivity index (χ2v) is 5.73. The second kappa shape index (κ2) is 4.74. The van der Waals surface area contributed by atoms with E-state index in [-0.39, 0.29) is 11.5 Å². The fourth-order valence-electron chi connectivity index (χ4n) is 2.43. The van der Waals surface area contributed by atoms with Gasteiger partial charge in [-0.05, 0) is 0 Å². The van der Waals surface area contributed by atoms with Crippen LogP contribution in [0.5, 0.6) is 0 Å². The highest BCUT2D eigenvalue weighted by molar-refractivity contribution is 7.99. The van der Waals surface area contributed by atoms with Crippen LogP contribution >= 0.6 is 11.8 Å². The lowest BCUT2D eigenvalue weighted by Gasteiger charge is -2.32. The van der Waals surface area contributed by atoms with E-state index in [0.29, 0.717) is 24.2 Å². The van der Waals surface area contributed by atoms with Crippen molar-refractivity contribution in [3.05, 3.63) is 41.1 Å². The average Bonchev–Trinajstić information content (AvgIpc) is 2.46. The first-order valence-corrected chi connectivity index (χ1v) is 7.30. The first-order valence-electron chi connectivity index (χ1n) is 6.14. The number of ketones is 2. The fourth-order valence-corrected chi connectivity index (χ4v) is 3.34. The number of hydrogen-bond donors (Lipinski definition) is 1. The van der Waals surface area contributed by atoms with Crippen molar-refractivity contribution < 1.29 is 14.7 Å². The van der Waals surface area contributed by atoms with E-state index in [1.54, 1.807) is 24.3 Å². The van der Waals surface area contributed by atoms with E-state index in [4.69, 9.17) is 0 Å². The molecule has 4 nitrogen and oxygen atoms in total. The van der Waals surface area contributed by atoms with Crippen LogP contribution in [0.15, 0.2) is 30.0 Å². The molecule has 98 valence electrons. The number of carbonyl (C=O) groups is 2. The monoisotopic (exact) mass is 275 g/mol. The van der Waals surface area contributed by atoms with E-state index in [9.17, 15) is 14.7 Å². The fraction of sp³-hybridized carbons (Fsp3) is 0.286. The number of hydrogen-bond acceptors (Lipinski definition) is 5. The van der Waals surface area contributed by atoms with Crippen LogP contribution < -0.4 is 0 Å². The molecule has 19 heavy (non-hydrogen) atoms. The van der Waals surface area contributed by atoms with Gasteiger partial charge in [0.25, 0.3) is 5.78 Å². The van der Waals surface area contributed by atoms with E-state index in [1.807, 2.05) is 16.7 Å². The van der Waals surface area contributed by atoms with Crippen LogP contribution in [-0.2, 0) is 4.79 Å². The third-order valence-electron chi connectivity index (χ3n) is 3.40. The number of nitrogens with zero attached hydrogens (tertiary/aromatic N) is 1. The van der Waals surface area contributed by atoms with Gasteiger partial charge < -0.3 is 10.0 Å². The molecule has 0 bridgehead atoms. The van der Waals surface area contributed by atoms with Crippen molar-refractivity contribution in [1.82, 2.24) is 4.90 Å². The molecule has 0 amide bonds. The SMILES string of the molecule is O=C1C(=O)c2ccccc2C(O)=C1N1CCSCC1. The highest BCUT2D eigenvalue weighted by Crippen LogP contribution is 2.30. The Hall–Kier alpha value is -1.75. The van der Waals surface area contributed by atoms with Crippen molar-refractivity contribution in [2.24, 2.45) is 0 Å². The number of aliphatic hydroxyl groups excluding tert-OH is 1. The largest absolute Gasteiger partial charge is 0.505 e. The van der Waals surface area contributed by atoms with Gasteiger partial charge >= 0.3 is 0 Å². The molecule has 1 aliphatic carbocycles. The molecular weight excluding hydrogens is 262 g/mol. The van der Waals surface area contributed by atoms with E-state index in [1.165, 1.54) is 0 Å². The molecule has 2 aliphatic rings. The predicted molar refractivity (Wildman–Crippen MR) is 74.2 cm³/mol. The summed E-state index contributed by atoms with van der Waals surface area (Å²) in [6.07, 6.45) is 0. The van der Waals surface area contributed by atoms with Crippen molar-refractivity contribution in [1.29, 1.82) is 0 Å². The van der Waals surface area contributed by atoms with Gasteiger partial charge in [-0.1, -0.05) is 24.3 Å². The van der Waals surface area contributed by atoms with E-state index >= 15 is 0 Å². The molecule has 1 heterocycles. The van der Waals surface area contributed by atoms with Crippen LogP contribution in [0.25, 0.3) is 5.76 Å². The lowest BCUT2D eigenvalue weighted by Crippen LogP contribution is -2.39. The minimum Gasteiger partial charge on any atom is -0.505 e. The predicted octanol–water partition coefficient (Wildman–Crippen LogP) is 1.73. The molecule has 3 rings (SSSR count). The highest BCUT2D eigenvalue weighted by Gasteiger charge is 2.36. The summed E-state index contributed by atoms with van der Waals surface area (Å²) in [4.78, 5) is 26.1. The Morgan fingerprint density at radius 1 is 1.00 bits per heavy atom. The molecule has 5 heteroatoms. The van der Waals surface area contributed by atoms with Gasteiger partial charge in [0.15, 0.2) is 5.76 Å². The van der Waals surface area contributed by atoms with Gasteiger partial charge in [0.2, 0.25) is 5.78 Å². The average molecular weight is 275 g/mol. The first kappa shape index (κ1) is 12.3. The van der Waals surface area contributed by atoms with Crippen molar-refractivity contribution in [3.63, 3.8) is 0 Å². The van der Waals surface area contributed by atoms with Gasteiger partial charge in [-0.25, -0.2) is 0 Å². The summed E-state index contributed by atoms with van der Waals surface area (Å²) in [5.74, 6) is 0.622. The molecule has 1 aromatic carbocycles. The van der Waals surface area contributed by atoms with Gasteiger partial charge in [0.1, 0.15) is 5.70 Å². The zero-order valence-electron chi connectivity index (χ0n) is 10.3. The third-order valence-corrected chi connectivity index (χ3v) is 4.34. The van der Waals surface area contributed by atoms with E-state index in [0.717, 1.165) is 11.5 Å². The zero-order chi connectivity index (χ0) is 13.4. The Morgan fingerprint density at radius 2 is 1.63 bits per heavy atom. The smallest absolute Gasteiger partial charge is 0.253 e. The van der Waals surface area contributed by atoms with Gasteiger partial charge in [-0.3, -0.25) is 9.59 Å². The number of allylic oxidation sites excluding steroid dienone is 1. The van der Waals surface area contributed by atoms with Gasteiger partial charge in [-0.2, -0.15) is 11.8 Å². The number of carbonyl (C=O) groups excluding carboxylic acids is 2. The minimum atomic E-state index is -0.594. The number of Topliss-reactive ketones (excluding diaryl/α,β-unsaturated/α-hetero) is 2. The number of rotatable bonds is 1. The van der Waals surface area contributed by atoms with Crippen LogP contribution in [0.4, 0.5) is 0 Å². The maximum atomic E-state index is 12.2. The normalized spacial score (nSPS) is 19.7. The first-order chi connectivity index (χ1) is 9.20. The van der Waals surface area contributed by atoms with Gasteiger partial charge in [0, 0.05) is 35.7 Å². The van der Waals surface area contributed by atoms with E-state index in [2.05, 4.69) is 0 Å². The van der Waals surface area contributed by atoms with Crippen LogP contribution in [0.2, 0.25) is 0 Å². The van der Waals surface area contributed by atoms with Crippen LogP contribution in [0.1, 0.15) is 15.9 Å². The molecule has 1 aromatic rings. The Bertz CT molecular complexity index is 588. The third kappa shape index (κ3) is 1.94. The van der Waals surface area contributed by atoms with Gasteiger partial charge in [-0.15, -0.1) is 0 Å². The molecule has 1 aliphatic heterocycles. The Kier molecular flexibility index (Phi) is 3.06. The summed E-state index contributed by atoms with van der Waals surface area (Å²) in [6, 6.07) is 6.70. The molecule has 0 saturated carbocycles. The number of thioether (sulfide) groups is 1. The summed E-state index contributed by atoms with van der Waals surface area (Å²) >= 11 is 1.81. The van der Waals surface area contributed by atoms with Crippen molar-refractivity contribution in [3.8, 4) is 0 Å². The number of aliphatic hydroxyl groups is 1. The molecular formula is C14H13NO3S. The molecule has 1 N–H and O–H groups in total. The molecule has 0 radical (unpaired) electrons. The topological polar surface area (TPSA) is 57.6 Å². The summed E-state index contributed by atoms with van der Waals surface area (Å²) in [7, 11) is 0. The highest BCUT2D eigenvalue weighted by atomic mass is 32.2. The van der Waals surface area contributed by atoms with Crippen molar-refractivity contribution in [2.75, 3.05) is 24.6 Å². The van der Waals surface area contributed by atoms with Crippen LogP contribution in [0, 0.1) is 0 Å². The zero-order valence-corrected chi connectivity index (χ0v) is 11.1.